The standard InChI is InChI=1S/C17H25N3O4.ClH/c1-12-4-3-5-13(6-12)7-18-16(22)10-20-8-14(15(21)9-20)19(2)11-17(23)24;/h3-6,14-15,21H,7-11H2,1-2H3,(H,18,22)(H,23,24);1H/t14?,15-;/m1./s1. The number of hydrogen-bond acceptors (Lipinski definition) is 5. The number of likely N-dealkylation sites (tertiary alicyclic amines) is 1. The number of nitrogens with zero attached hydrogens (tertiary/aromatic N) is 2. The molecule has 1 aliphatic rings. The number of aliphatic carboxylic acids is 1. The Bertz CT molecular complexity index is 599. The fourth-order valence-corrected chi connectivity index (χ4v) is 3.02. The average Bonchev–Trinajstić information content (AvgIpc) is 2.85. The molecule has 0 aliphatic carbocycles. The van der Waals surface area contributed by atoms with E-state index in [0.29, 0.717) is 19.6 Å². The van der Waals surface area contributed by atoms with Gasteiger partial charge in [0.25, 0.3) is 0 Å². The Hall–Kier alpha value is -1.67. The molecule has 8 heteroatoms. The molecule has 2 atom stereocenters. The Morgan fingerprint density at radius 1 is 1.36 bits per heavy atom. The molecule has 0 saturated carbocycles. The van der Waals surface area contributed by atoms with Gasteiger partial charge in [-0.25, -0.2) is 0 Å². The summed E-state index contributed by atoms with van der Waals surface area (Å²) < 4.78 is 0. The molecule has 0 spiro atoms. The monoisotopic (exact) mass is 371 g/mol. The third-order valence-electron chi connectivity index (χ3n) is 4.22. The number of amides is 1. The fourth-order valence-electron chi connectivity index (χ4n) is 3.02. The van der Waals surface area contributed by atoms with E-state index in [9.17, 15) is 14.7 Å². The molecule has 1 fully saturated rings. The van der Waals surface area contributed by atoms with Crippen molar-refractivity contribution in [2.75, 3.05) is 33.2 Å². The lowest BCUT2D eigenvalue weighted by Gasteiger charge is -2.24. The van der Waals surface area contributed by atoms with Gasteiger partial charge in [0, 0.05) is 25.7 Å². The van der Waals surface area contributed by atoms with Crippen LogP contribution in [-0.4, -0.2) is 77.3 Å². The minimum atomic E-state index is -0.931. The van der Waals surface area contributed by atoms with Crippen LogP contribution in [0.15, 0.2) is 24.3 Å². The largest absolute Gasteiger partial charge is 0.480 e. The zero-order chi connectivity index (χ0) is 17.7. The van der Waals surface area contributed by atoms with E-state index in [4.69, 9.17) is 5.11 Å². The van der Waals surface area contributed by atoms with Crippen LogP contribution in [0.5, 0.6) is 0 Å². The first-order valence-corrected chi connectivity index (χ1v) is 8.00. The van der Waals surface area contributed by atoms with Gasteiger partial charge in [-0.3, -0.25) is 19.4 Å². The van der Waals surface area contributed by atoms with Crippen molar-refractivity contribution in [1.29, 1.82) is 0 Å². The van der Waals surface area contributed by atoms with Crippen LogP contribution in [-0.2, 0) is 16.1 Å². The van der Waals surface area contributed by atoms with E-state index in [1.165, 1.54) is 0 Å². The summed E-state index contributed by atoms with van der Waals surface area (Å²) in [5, 5.41) is 21.8. The van der Waals surface area contributed by atoms with Crippen molar-refractivity contribution in [3.63, 3.8) is 0 Å². The normalized spacial score (nSPS) is 20.3. The van der Waals surface area contributed by atoms with E-state index >= 15 is 0 Å². The van der Waals surface area contributed by atoms with Crippen LogP contribution in [0.1, 0.15) is 11.1 Å². The molecule has 0 radical (unpaired) electrons. The number of benzene rings is 1. The average molecular weight is 372 g/mol. The van der Waals surface area contributed by atoms with Crippen LogP contribution in [0.2, 0.25) is 0 Å². The Balaban J connectivity index is 0.00000312. The number of aliphatic hydroxyl groups is 1. The van der Waals surface area contributed by atoms with E-state index in [1.54, 1.807) is 11.9 Å². The number of likely N-dealkylation sites (N-methyl/N-ethyl adjacent to an activating group) is 1. The Labute approximate surface area is 154 Å². The van der Waals surface area contributed by atoms with Crippen molar-refractivity contribution in [3.8, 4) is 0 Å². The summed E-state index contributed by atoms with van der Waals surface area (Å²) >= 11 is 0. The van der Waals surface area contributed by atoms with Crippen LogP contribution in [0, 0.1) is 6.92 Å². The third kappa shape index (κ3) is 6.62. The maximum absolute atomic E-state index is 12.1. The molecule has 1 aromatic rings. The number of carbonyl (C=O) groups is 2. The van der Waals surface area contributed by atoms with Gasteiger partial charge in [-0.2, -0.15) is 0 Å². The second kappa shape index (κ2) is 9.72. The van der Waals surface area contributed by atoms with E-state index in [-0.39, 0.29) is 37.4 Å². The minimum absolute atomic E-state index is 0. The number of carboxylic acids is 1. The molecule has 1 aromatic carbocycles. The number of rotatable bonds is 7. The predicted octanol–water partition coefficient (Wildman–Crippen LogP) is 0.0945. The minimum Gasteiger partial charge on any atom is -0.480 e. The summed E-state index contributed by atoms with van der Waals surface area (Å²) in [5.74, 6) is -1.04. The lowest BCUT2D eigenvalue weighted by atomic mass is 10.1. The second-order valence-electron chi connectivity index (χ2n) is 6.40. The summed E-state index contributed by atoms with van der Waals surface area (Å²) in [5.41, 5.74) is 2.19. The first-order chi connectivity index (χ1) is 11.3. The van der Waals surface area contributed by atoms with Crippen molar-refractivity contribution in [1.82, 2.24) is 15.1 Å². The van der Waals surface area contributed by atoms with Gasteiger partial charge in [0.1, 0.15) is 0 Å². The molecule has 1 aliphatic heterocycles. The van der Waals surface area contributed by atoms with Crippen LogP contribution >= 0.6 is 12.4 Å². The lowest BCUT2D eigenvalue weighted by Crippen LogP contribution is -2.43. The van der Waals surface area contributed by atoms with Crippen molar-refractivity contribution in [3.05, 3.63) is 35.4 Å². The first kappa shape index (κ1) is 21.4. The SMILES string of the molecule is Cc1cccc(CNC(=O)CN2CC(N(C)CC(=O)O)[C@H](O)C2)c1.Cl. The zero-order valence-electron chi connectivity index (χ0n) is 14.5. The number of hydrogen-bond donors (Lipinski definition) is 3. The number of carboxylic acid groups (broad SMARTS) is 1. The quantitative estimate of drug-likeness (QED) is 0.629. The molecular weight excluding hydrogens is 346 g/mol. The first-order valence-electron chi connectivity index (χ1n) is 8.00. The maximum Gasteiger partial charge on any atom is 0.317 e. The summed E-state index contributed by atoms with van der Waals surface area (Å²) in [6.45, 7) is 3.38. The predicted molar refractivity (Wildman–Crippen MR) is 96.8 cm³/mol. The van der Waals surface area contributed by atoms with Crippen molar-refractivity contribution in [2.24, 2.45) is 0 Å². The number of nitrogens with one attached hydrogen (secondary N) is 1. The summed E-state index contributed by atoms with van der Waals surface area (Å²) in [7, 11) is 1.67. The molecule has 1 amide bonds. The molecule has 7 nitrogen and oxygen atoms in total. The molecule has 0 bridgehead atoms. The van der Waals surface area contributed by atoms with E-state index in [0.717, 1.165) is 11.1 Å². The Kier molecular flexibility index (Phi) is 8.31. The van der Waals surface area contributed by atoms with Gasteiger partial charge in [0.15, 0.2) is 0 Å². The Morgan fingerprint density at radius 3 is 2.72 bits per heavy atom. The lowest BCUT2D eigenvalue weighted by molar-refractivity contribution is -0.138. The molecule has 0 aromatic heterocycles. The van der Waals surface area contributed by atoms with Gasteiger partial charge in [-0.05, 0) is 19.5 Å². The maximum atomic E-state index is 12.1. The van der Waals surface area contributed by atoms with Crippen LogP contribution in [0.3, 0.4) is 0 Å². The molecule has 25 heavy (non-hydrogen) atoms. The van der Waals surface area contributed by atoms with Crippen molar-refractivity contribution >= 4 is 24.3 Å². The summed E-state index contributed by atoms with van der Waals surface area (Å²) in [6, 6.07) is 7.67. The number of halogens is 1. The summed E-state index contributed by atoms with van der Waals surface area (Å²) in [4.78, 5) is 26.3. The number of aryl methyl sites for hydroxylation is 1. The second-order valence-corrected chi connectivity index (χ2v) is 6.40. The van der Waals surface area contributed by atoms with Gasteiger partial charge in [-0.1, -0.05) is 29.8 Å². The number of carbonyl (C=O) groups excluding carboxylic acids is 1. The number of β-amino-alcohol motifs (C(OH)–C–C–N with tert-alkyl or cyclic N) is 1. The highest BCUT2D eigenvalue weighted by Crippen LogP contribution is 2.14. The highest BCUT2D eigenvalue weighted by molar-refractivity contribution is 5.85. The number of aliphatic hydroxyl groups excluding tert-OH is 1. The van der Waals surface area contributed by atoms with Crippen molar-refractivity contribution < 1.29 is 19.8 Å². The van der Waals surface area contributed by atoms with E-state index in [2.05, 4.69) is 5.32 Å². The molecule has 1 unspecified atom stereocenters. The molecule has 3 N–H and O–H groups in total. The summed E-state index contributed by atoms with van der Waals surface area (Å²) in [6.07, 6.45) is -0.654. The fraction of sp³-hybridized carbons (Fsp3) is 0.529. The Morgan fingerprint density at radius 2 is 2.08 bits per heavy atom. The smallest absolute Gasteiger partial charge is 0.317 e. The highest BCUT2D eigenvalue weighted by Gasteiger charge is 2.35. The van der Waals surface area contributed by atoms with Gasteiger partial charge < -0.3 is 15.5 Å². The third-order valence-corrected chi connectivity index (χ3v) is 4.22. The van der Waals surface area contributed by atoms with E-state index in [1.807, 2.05) is 36.1 Å². The van der Waals surface area contributed by atoms with Crippen LogP contribution in [0.25, 0.3) is 0 Å². The molecule has 140 valence electrons. The molecule has 1 saturated heterocycles. The molecular formula is C17H26ClN3O4. The van der Waals surface area contributed by atoms with Crippen LogP contribution < -0.4 is 5.32 Å². The topological polar surface area (TPSA) is 93.1 Å². The van der Waals surface area contributed by atoms with Gasteiger partial charge in [0.2, 0.25) is 5.91 Å². The van der Waals surface area contributed by atoms with Gasteiger partial charge >= 0.3 is 5.97 Å². The van der Waals surface area contributed by atoms with Gasteiger partial charge in [-0.15, -0.1) is 12.4 Å². The van der Waals surface area contributed by atoms with Crippen molar-refractivity contribution in [2.45, 2.75) is 25.6 Å². The zero-order valence-corrected chi connectivity index (χ0v) is 15.3. The molecule has 1 heterocycles. The molecule has 2 rings (SSSR count). The van der Waals surface area contributed by atoms with Gasteiger partial charge in [0.05, 0.1) is 19.2 Å². The van der Waals surface area contributed by atoms with Crippen LogP contribution in [0.4, 0.5) is 0 Å². The highest BCUT2D eigenvalue weighted by atomic mass is 35.5. The van der Waals surface area contributed by atoms with E-state index < -0.39 is 12.1 Å².